The van der Waals surface area contributed by atoms with Gasteiger partial charge in [0.25, 0.3) is 0 Å². The number of anilines is 1. The van der Waals surface area contributed by atoms with Crippen molar-refractivity contribution in [1.29, 1.82) is 0 Å². The van der Waals surface area contributed by atoms with Gasteiger partial charge in [-0.3, -0.25) is 9.69 Å². The molecule has 0 aliphatic heterocycles. The van der Waals surface area contributed by atoms with Crippen molar-refractivity contribution in [2.75, 3.05) is 11.9 Å². The van der Waals surface area contributed by atoms with Gasteiger partial charge in [-0.05, 0) is 49.1 Å². The molecule has 0 aromatic heterocycles. The van der Waals surface area contributed by atoms with E-state index < -0.39 is 0 Å². The third kappa shape index (κ3) is 4.66. The monoisotopic (exact) mass is 372 g/mol. The number of carbonyl (C=O) groups is 1. The molecule has 1 aliphatic rings. The lowest BCUT2D eigenvalue weighted by Gasteiger charge is -2.21. The largest absolute Gasteiger partial charge is 0.325 e. The summed E-state index contributed by atoms with van der Waals surface area (Å²) in [5.74, 6) is 0.0539. The van der Waals surface area contributed by atoms with E-state index in [1.165, 1.54) is 18.4 Å². The van der Waals surface area contributed by atoms with Gasteiger partial charge in [0.05, 0.1) is 6.54 Å². The molecule has 0 spiro atoms. The molecule has 1 aliphatic carbocycles. The van der Waals surface area contributed by atoms with Crippen LogP contribution in [0.5, 0.6) is 0 Å². The van der Waals surface area contributed by atoms with Gasteiger partial charge in [-0.1, -0.05) is 46.3 Å². The van der Waals surface area contributed by atoms with Gasteiger partial charge in [0.15, 0.2) is 0 Å². The predicted octanol–water partition coefficient (Wildman–Crippen LogP) is 4.36. The third-order valence-corrected chi connectivity index (χ3v) is 4.59. The van der Waals surface area contributed by atoms with E-state index in [0.717, 1.165) is 22.3 Å². The van der Waals surface area contributed by atoms with E-state index in [1.807, 2.05) is 43.3 Å². The molecule has 120 valence electrons. The van der Waals surface area contributed by atoms with Crippen LogP contribution in [0.15, 0.2) is 53.0 Å². The maximum absolute atomic E-state index is 12.4. The van der Waals surface area contributed by atoms with Crippen LogP contribution in [0.3, 0.4) is 0 Å². The molecule has 3 rings (SSSR count). The molecule has 0 bridgehead atoms. The molecular formula is C19H21BrN2O. The Balaban J connectivity index is 1.62. The van der Waals surface area contributed by atoms with Crippen molar-refractivity contribution in [1.82, 2.24) is 4.90 Å². The van der Waals surface area contributed by atoms with Crippen LogP contribution in [-0.4, -0.2) is 23.4 Å². The molecule has 0 saturated heterocycles. The van der Waals surface area contributed by atoms with Gasteiger partial charge in [0.2, 0.25) is 5.91 Å². The SMILES string of the molecule is Cc1cc(Br)ccc1NC(=O)CN(Cc1ccccc1)C1CC1. The van der Waals surface area contributed by atoms with Crippen molar-refractivity contribution < 1.29 is 4.79 Å². The minimum Gasteiger partial charge on any atom is -0.325 e. The van der Waals surface area contributed by atoms with E-state index in [4.69, 9.17) is 0 Å². The molecule has 1 N–H and O–H groups in total. The van der Waals surface area contributed by atoms with Crippen molar-refractivity contribution in [3.8, 4) is 0 Å². The molecule has 0 heterocycles. The van der Waals surface area contributed by atoms with Gasteiger partial charge in [-0.2, -0.15) is 0 Å². The molecule has 3 nitrogen and oxygen atoms in total. The minimum atomic E-state index is 0.0539. The van der Waals surface area contributed by atoms with Crippen LogP contribution < -0.4 is 5.32 Å². The Kier molecular flexibility index (Phi) is 5.13. The number of nitrogens with zero attached hydrogens (tertiary/aromatic N) is 1. The van der Waals surface area contributed by atoms with Crippen LogP contribution in [0.25, 0.3) is 0 Å². The Morgan fingerprint density at radius 2 is 1.96 bits per heavy atom. The average molecular weight is 373 g/mol. The molecule has 1 saturated carbocycles. The quantitative estimate of drug-likeness (QED) is 0.816. The van der Waals surface area contributed by atoms with Crippen LogP contribution >= 0.6 is 15.9 Å². The number of nitrogens with one attached hydrogen (secondary N) is 1. The highest BCUT2D eigenvalue weighted by Crippen LogP contribution is 2.28. The standard InChI is InChI=1S/C19H21BrN2O/c1-14-11-16(20)7-10-18(14)21-19(23)13-22(17-8-9-17)12-15-5-3-2-4-6-15/h2-7,10-11,17H,8-9,12-13H2,1H3,(H,21,23). The summed E-state index contributed by atoms with van der Waals surface area (Å²) in [7, 11) is 0. The van der Waals surface area contributed by atoms with E-state index >= 15 is 0 Å². The fraction of sp³-hybridized carbons (Fsp3) is 0.316. The summed E-state index contributed by atoms with van der Waals surface area (Å²) >= 11 is 3.45. The van der Waals surface area contributed by atoms with Gasteiger partial charge in [-0.25, -0.2) is 0 Å². The van der Waals surface area contributed by atoms with Gasteiger partial charge in [-0.15, -0.1) is 0 Å². The van der Waals surface area contributed by atoms with Crippen LogP contribution in [0, 0.1) is 6.92 Å². The zero-order valence-corrected chi connectivity index (χ0v) is 14.8. The summed E-state index contributed by atoms with van der Waals surface area (Å²) in [6.45, 7) is 3.27. The topological polar surface area (TPSA) is 32.3 Å². The molecular weight excluding hydrogens is 352 g/mol. The molecule has 0 atom stereocenters. The van der Waals surface area contributed by atoms with Gasteiger partial charge < -0.3 is 5.32 Å². The van der Waals surface area contributed by atoms with Crippen LogP contribution in [0.4, 0.5) is 5.69 Å². The first-order chi connectivity index (χ1) is 11.1. The van der Waals surface area contributed by atoms with E-state index in [1.54, 1.807) is 0 Å². The minimum absolute atomic E-state index is 0.0539. The Hall–Kier alpha value is -1.65. The second-order valence-electron chi connectivity index (χ2n) is 6.13. The number of hydrogen-bond donors (Lipinski definition) is 1. The lowest BCUT2D eigenvalue weighted by Crippen LogP contribution is -2.34. The number of aryl methyl sites for hydroxylation is 1. The Labute approximate surface area is 145 Å². The van der Waals surface area contributed by atoms with Crippen molar-refractivity contribution in [3.63, 3.8) is 0 Å². The fourth-order valence-corrected chi connectivity index (χ4v) is 3.19. The number of amides is 1. The molecule has 2 aromatic carbocycles. The van der Waals surface area contributed by atoms with Crippen molar-refractivity contribution in [2.24, 2.45) is 0 Å². The number of carbonyl (C=O) groups excluding carboxylic acids is 1. The molecule has 23 heavy (non-hydrogen) atoms. The first-order valence-corrected chi connectivity index (χ1v) is 8.75. The summed E-state index contributed by atoms with van der Waals surface area (Å²) in [5.41, 5.74) is 3.20. The van der Waals surface area contributed by atoms with Crippen LogP contribution in [-0.2, 0) is 11.3 Å². The Bertz CT molecular complexity index is 683. The van der Waals surface area contributed by atoms with Gasteiger partial charge >= 0.3 is 0 Å². The van der Waals surface area contributed by atoms with Gasteiger partial charge in [0.1, 0.15) is 0 Å². The van der Waals surface area contributed by atoms with Crippen LogP contribution in [0.1, 0.15) is 24.0 Å². The van der Waals surface area contributed by atoms with Crippen LogP contribution in [0.2, 0.25) is 0 Å². The zero-order chi connectivity index (χ0) is 16.2. The average Bonchev–Trinajstić information content (AvgIpc) is 3.35. The molecule has 2 aromatic rings. The first kappa shape index (κ1) is 16.2. The summed E-state index contributed by atoms with van der Waals surface area (Å²) in [4.78, 5) is 14.7. The highest BCUT2D eigenvalue weighted by Gasteiger charge is 2.30. The highest BCUT2D eigenvalue weighted by atomic mass is 79.9. The van der Waals surface area contributed by atoms with Crippen molar-refractivity contribution in [2.45, 2.75) is 32.4 Å². The predicted molar refractivity (Wildman–Crippen MR) is 97.4 cm³/mol. The molecule has 1 amide bonds. The Morgan fingerprint density at radius 1 is 1.22 bits per heavy atom. The smallest absolute Gasteiger partial charge is 0.238 e. The van der Waals surface area contributed by atoms with E-state index in [0.29, 0.717) is 12.6 Å². The Morgan fingerprint density at radius 3 is 2.61 bits per heavy atom. The second kappa shape index (κ2) is 7.28. The normalized spacial score (nSPS) is 14.0. The van der Waals surface area contributed by atoms with Crippen molar-refractivity contribution >= 4 is 27.5 Å². The molecule has 0 unspecified atom stereocenters. The maximum Gasteiger partial charge on any atom is 0.238 e. The lowest BCUT2D eigenvalue weighted by atomic mass is 10.2. The summed E-state index contributed by atoms with van der Waals surface area (Å²) in [5, 5.41) is 3.03. The lowest BCUT2D eigenvalue weighted by molar-refractivity contribution is -0.117. The summed E-state index contributed by atoms with van der Waals surface area (Å²) in [6.07, 6.45) is 2.38. The zero-order valence-electron chi connectivity index (χ0n) is 13.3. The molecule has 4 heteroatoms. The number of hydrogen-bond acceptors (Lipinski definition) is 2. The highest BCUT2D eigenvalue weighted by molar-refractivity contribution is 9.10. The number of halogens is 1. The van der Waals surface area contributed by atoms with E-state index in [2.05, 4.69) is 38.3 Å². The fourth-order valence-electron chi connectivity index (χ4n) is 2.71. The first-order valence-electron chi connectivity index (χ1n) is 7.96. The second-order valence-corrected chi connectivity index (χ2v) is 7.04. The summed E-state index contributed by atoms with van der Waals surface area (Å²) in [6, 6.07) is 16.8. The molecule has 1 fully saturated rings. The van der Waals surface area contributed by atoms with E-state index in [-0.39, 0.29) is 5.91 Å². The van der Waals surface area contributed by atoms with Gasteiger partial charge in [0, 0.05) is 22.7 Å². The maximum atomic E-state index is 12.4. The van der Waals surface area contributed by atoms with E-state index in [9.17, 15) is 4.79 Å². The number of rotatable bonds is 6. The number of benzene rings is 2. The molecule has 0 radical (unpaired) electrons. The summed E-state index contributed by atoms with van der Waals surface area (Å²) < 4.78 is 1.02. The third-order valence-electron chi connectivity index (χ3n) is 4.10. The van der Waals surface area contributed by atoms with Crippen molar-refractivity contribution in [3.05, 3.63) is 64.1 Å².